The van der Waals surface area contributed by atoms with Gasteiger partial charge in [-0.25, -0.2) is 5.48 Å². The van der Waals surface area contributed by atoms with Gasteiger partial charge < -0.3 is 5.32 Å². The van der Waals surface area contributed by atoms with E-state index in [9.17, 15) is 4.79 Å². The molecule has 1 aliphatic rings. The highest BCUT2D eigenvalue weighted by Gasteiger charge is 2.20. The van der Waals surface area contributed by atoms with Crippen molar-refractivity contribution >= 4 is 5.91 Å². The highest BCUT2D eigenvalue weighted by atomic mass is 16.7. The van der Waals surface area contributed by atoms with Gasteiger partial charge in [-0.1, -0.05) is 20.3 Å². The van der Waals surface area contributed by atoms with Gasteiger partial charge in [0.05, 0.1) is 12.6 Å². The number of hydrogen-bond donors (Lipinski definition) is 2. The molecular formula is C10H20N2O2. The average molecular weight is 200 g/mol. The van der Waals surface area contributed by atoms with Gasteiger partial charge in [0, 0.05) is 0 Å². The summed E-state index contributed by atoms with van der Waals surface area (Å²) in [5.41, 5.74) is 2.48. The van der Waals surface area contributed by atoms with Crippen molar-refractivity contribution in [2.24, 2.45) is 5.92 Å². The van der Waals surface area contributed by atoms with Gasteiger partial charge in [0.1, 0.15) is 0 Å². The molecule has 0 bridgehead atoms. The topological polar surface area (TPSA) is 50.4 Å². The Balaban J connectivity index is 2.13. The highest BCUT2D eigenvalue weighted by Crippen LogP contribution is 2.06. The zero-order valence-electron chi connectivity index (χ0n) is 9.01. The van der Waals surface area contributed by atoms with Crippen LogP contribution in [0.15, 0.2) is 0 Å². The van der Waals surface area contributed by atoms with Crippen LogP contribution in [0.2, 0.25) is 0 Å². The Kier molecular flexibility index (Phi) is 4.90. The largest absolute Gasteiger partial charge is 0.306 e. The van der Waals surface area contributed by atoms with Crippen LogP contribution in [0.25, 0.3) is 0 Å². The molecule has 82 valence electrons. The van der Waals surface area contributed by atoms with Gasteiger partial charge >= 0.3 is 0 Å². The van der Waals surface area contributed by atoms with E-state index in [-0.39, 0.29) is 11.9 Å². The molecule has 4 heteroatoms. The summed E-state index contributed by atoms with van der Waals surface area (Å²) in [5.74, 6) is 0.403. The Bertz CT molecular complexity index is 177. The molecule has 0 aliphatic carbocycles. The van der Waals surface area contributed by atoms with Crippen LogP contribution in [0, 0.1) is 5.92 Å². The molecule has 0 radical (unpaired) electrons. The summed E-state index contributed by atoms with van der Waals surface area (Å²) >= 11 is 0. The lowest BCUT2D eigenvalue weighted by Gasteiger charge is -2.22. The van der Waals surface area contributed by atoms with Gasteiger partial charge in [0.2, 0.25) is 0 Å². The van der Waals surface area contributed by atoms with Gasteiger partial charge in [-0.05, 0) is 25.3 Å². The number of rotatable bonds is 4. The quantitative estimate of drug-likeness (QED) is 0.661. The molecule has 0 aromatic heterocycles. The zero-order valence-corrected chi connectivity index (χ0v) is 9.01. The number of piperidine rings is 1. The second kappa shape index (κ2) is 5.98. The number of carbonyl (C=O) groups is 1. The van der Waals surface area contributed by atoms with E-state index >= 15 is 0 Å². The van der Waals surface area contributed by atoms with Crippen molar-refractivity contribution in [3.8, 4) is 0 Å². The Morgan fingerprint density at radius 2 is 2.36 bits per heavy atom. The van der Waals surface area contributed by atoms with Crippen molar-refractivity contribution < 1.29 is 9.63 Å². The number of amides is 1. The van der Waals surface area contributed by atoms with Crippen LogP contribution in [-0.4, -0.2) is 25.1 Å². The molecule has 1 rings (SSSR count). The third-order valence-corrected chi connectivity index (χ3v) is 2.22. The van der Waals surface area contributed by atoms with E-state index in [4.69, 9.17) is 4.84 Å². The van der Waals surface area contributed by atoms with Crippen LogP contribution < -0.4 is 10.8 Å². The fraction of sp³-hybridized carbons (Fsp3) is 0.900. The van der Waals surface area contributed by atoms with E-state index in [1.165, 1.54) is 0 Å². The molecule has 1 heterocycles. The van der Waals surface area contributed by atoms with E-state index in [1.54, 1.807) is 0 Å². The normalized spacial score (nSPS) is 22.4. The number of hydroxylamine groups is 1. The fourth-order valence-electron chi connectivity index (χ4n) is 1.43. The molecule has 1 aliphatic heterocycles. The van der Waals surface area contributed by atoms with E-state index in [1.807, 2.05) is 13.8 Å². The summed E-state index contributed by atoms with van der Waals surface area (Å²) in [6, 6.07) is -0.0593. The molecule has 1 atom stereocenters. The van der Waals surface area contributed by atoms with E-state index in [0.717, 1.165) is 25.8 Å². The van der Waals surface area contributed by atoms with Gasteiger partial charge in [0.15, 0.2) is 0 Å². The SMILES string of the molecule is CC(C)CONC(=O)C1CCCCN1. The first-order valence-electron chi connectivity index (χ1n) is 5.35. The first-order valence-corrected chi connectivity index (χ1v) is 5.35. The van der Waals surface area contributed by atoms with Gasteiger partial charge in [-0.3, -0.25) is 9.63 Å². The van der Waals surface area contributed by atoms with Crippen LogP contribution in [0.1, 0.15) is 33.1 Å². The third-order valence-electron chi connectivity index (χ3n) is 2.22. The predicted molar refractivity (Wildman–Crippen MR) is 54.6 cm³/mol. The van der Waals surface area contributed by atoms with Gasteiger partial charge in [-0.15, -0.1) is 0 Å². The minimum absolute atomic E-state index is 0.0367. The second-order valence-electron chi connectivity index (χ2n) is 4.17. The highest BCUT2D eigenvalue weighted by molar-refractivity contribution is 5.80. The molecule has 1 fully saturated rings. The van der Waals surface area contributed by atoms with Gasteiger partial charge in [-0.2, -0.15) is 0 Å². The summed E-state index contributed by atoms with van der Waals surface area (Å²) in [6.45, 7) is 5.59. The minimum atomic E-state index is -0.0593. The third kappa shape index (κ3) is 4.07. The Morgan fingerprint density at radius 3 is 2.93 bits per heavy atom. The molecule has 1 unspecified atom stereocenters. The molecule has 1 saturated heterocycles. The fourth-order valence-corrected chi connectivity index (χ4v) is 1.43. The maximum absolute atomic E-state index is 11.5. The Hall–Kier alpha value is -0.610. The maximum Gasteiger partial charge on any atom is 0.260 e. The van der Waals surface area contributed by atoms with Crippen LogP contribution >= 0.6 is 0 Å². The lowest BCUT2D eigenvalue weighted by Crippen LogP contribution is -2.46. The first kappa shape index (κ1) is 11.5. The van der Waals surface area contributed by atoms with Crippen molar-refractivity contribution in [1.82, 2.24) is 10.8 Å². The molecule has 0 spiro atoms. The summed E-state index contributed by atoms with van der Waals surface area (Å²) in [5, 5.41) is 3.16. The molecule has 2 N–H and O–H groups in total. The van der Waals surface area contributed by atoms with E-state index < -0.39 is 0 Å². The molecule has 0 aromatic carbocycles. The molecule has 4 nitrogen and oxygen atoms in total. The van der Waals surface area contributed by atoms with Crippen molar-refractivity contribution in [1.29, 1.82) is 0 Å². The monoisotopic (exact) mass is 200 g/mol. The average Bonchev–Trinajstić information content (AvgIpc) is 2.18. The van der Waals surface area contributed by atoms with Crippen LogP contribution in [-0.2, 0) is 9.63 Å². The van der Waals surface area contributed by atoms with Crippen LogP contribution in [0.3, 0.4) is 0 Å². The van der Waals surface area contributed by atoms with E-state index in [2.05, 4.69) is 10.8 Å². The van der Waals surface area contributed by atoms with Crippen molar-refractivity contribution in [2.75, 3.05) is 13.2 Å². The summed E-state index contributed by atoms with van der Waals surface area (Å²) in [6.07, 6.45) is 3.20. The van der Waals surface area contributed by atoms with Gasteiger partial charge in [0.25, 0.3) is 5.91 Å². The number of hydrogen-bond acceptors (Lipinski definition) is 3. The van der Waals surface area contributed by atoms with Crippen molar-refractivity contribution in [3.05, 3.63) is 0 Å². The van der Waals surface area contributed by atoms with Crippen molar-refractivity contribution in [2.45, 2.75) is 39.2 Å². The molecule has 0 aromatic rings. The zero-order chi connectivity index (χ0) is 10.4. The number of carbonyl (C=O) groups excluding carboxylic acids is 1. The summed E-state index contributed by atoms with van der Waals surface area (Å²) in [4.78, 5) is 16.6. The molecule has 0 saturated carbocycles. The van der Waals surface area contributed by atoms with E-state index in [0.29, 0.717) is 12.5 Å². The predicted octanol–water partition coefficient (Wildman–Crippen LogP) is 0.832. The standard InChI is InChI=1S/C10H20N2O2/c1-8(2)7-14-12-10(13)9-5-3-4-6-11-9/h8-9,11H,3-7H2,1-2H3,(H,12,13). The lowest BCUT2D eigenvalue weighted by atomic mass is 10.1. The second-order valence-corrected chi connectivity index (χ2v) is 4.17. The van der Waals surface area contributed by atoms with Crippen LogP contribution in [0.5, 0.6) is 0 Å². The van der Waals surface area contributed by atoms with Crippen molar-refractivity contribution in [3.63, 3.8) is 0 Å². The maximum atomic E-state index is 11.5. The Labute approximate surface area is 85.3 Å². The molecule has 1 amide bonds. The lowest BCUT2D eigenvalue weighted by molar-refractivity contribution is -0.137. The van der Waals surface area contributed by atoms with Crippen LogP contribution in [0.4, 0.5) is 0 Å². The summed E-state index contributed by atoms with van der Waals surface area (Å²) < 4.78 is 0. The smallest absolute Gasteiger partial charge is 0.260 e. The molecule has 14 heavy (non-hydrogen) atoms. The minimum Gasteiger partial charge on any atom is -0.306 e. The Morgan fingerprint density at radius 1 is 1.57 bits per heavy atom. The first-order chi connectivity index (χ1) is 6.70. The number of nitrogens with one attached hydrogen (secondary N) is 2. The summed E-state index contributed by atoms with van der Waals surface area (Å²) in [7, 11) is 0. The molecular weight excluding hydrogens is 180 g/mol.